The lowest BCUT2D eigenvalue weighted by molar-refractivity contribution is 0.243. The van der Waals surface area contributed by atoms with E-state index in [1.165, 1.54) is 0 Å². The van der Waals surface area contributed by atoms with Crippen molar-refractivity contribution >= 4 is 10.9 Å². The number of ether oxygens (including phenoxy) is 3. The highest BCUT2D eigenvalue weighted by atomic mass is 16.5. The first kappa shape index (κ1) is 14.4. The summed E-state index contributed by atoms with van der Waals surface area (Å²) in [7, 11) is 1.66. The summed E-state index contributed by atoms with van der Waals surface area (Å²) in [5, 5.41) is 0.973. The van der Waals surface area contributed by atoms with Gasteiger partial charge in [-0.05, 0) is 39.8 Å². The second-order valence-corrected chi connectivity index (χ2v) is 4.85. The molecule has 20 heavy (non-hydrogen) atoms. The lowest BCUT2D eigenvalue weighted by atomic mass is 10.1. The van der Waals surface area contributed by atoms with Gasteiger partial charge in [0, 0.05) is 17.0 Å². The third-order valence-electron chi connectivity index (χ3n) is 3.00. The molecule has 0 aliphatic carbocycles. The summed E-state index contributed by atoms with van der Waals surface area (Å²) in [6.07, 6.45) is 0.0949. The molecule has 0 saturated carbocycles. The van der Waals surface area contributed by atoms with Gasteiger partial charge in [0.2, 0.25) is 5.88 Å². The van der Waals surface area contributed by atoms with Crippen LogP contribution in [-0.2, 0) is 0 Å². The molecule has 0 aliphatic rings. The third-order valence-corrected chi connectivity index (χ3v) is 3.00. The Morgan fingerprint density at radius 1 is 1.20 bits per heavy atom. The molecule has 2 rings (SSSR count). The molecule has 0 unspecified atom stereocenters. The molecule has 108 valence electrons. The van der Waals surface area contributed by atoms with Crippen molar-refractivity contribution in [2.24, 2.45) is 0 Å². The molecule has 4 nitrogen and oxygen atoms in total. The Kier molecular flexibility index (Phi) is 4.32. The summed E-state index contributed by atoms with van der Waals surface area (Å²) < 4.78 is 16.8. The van der Waals surface area contributed by atoms with Gasteiger partial charge in [0.25, 0.3) is 0 Å². The summed E-state index contributed by atoms with van der Waals surface area (Å²) in [4.78, 5) is 4.56. The maximum atomic E-state index is 5.88. The number of hydrogen-bond acceptors (Lipinski definition) is 4. The van der Waals surface area contributed by atoms with Crippen molar-refractivity contribution in [3.63, 3.8) is 0 Å². The van der Waals surface area contributed by atoms with E-state index in [-0.39, 0.29) is 6.10 Å². The van der Waals surface area contributed by atoms with E-state index in [4.69, 9.17) is 14.2 Å². The first-order chi connectivity index (χ1) is 9.56. The third kappa shape index (κ3) is 2.79. The Bertz CT molecular complexity index is 608. The van der Waals surface area contributed by atoms with Crippen LogP contribution in [0.5, 0.6) is 17.4 Å². The highest BCUT2D eigenvalue weighted by molar-refractivity contribution is 5.89. The monoisotopic (exact) mass is 275 g/mol. The van der Waals surface area contributed by atoms with Crippen LogP contribution < -0.4 is 14.2 Å². The van der Waals surface area contributed by atoms with Gasteiger partial charge < -0.3 is 14.2 Å². The van der Waals surface area contributed by atoms with Crippen molar-refractivity contribution < 1.29 is 14.2 Å². The molecular formula is C16H21NO3. The number of benzene rings is 1. The largest absolute Gasteiger partial charge is 0.496 e. The van der Waals surface area contributed by atoms with Gasteiger partial charge in [0.1, 0.15) is 11.5 Å². The van der Waals surface area contributed by atoms with Crippen LogP contribution in [0.1, 0.15) is 26.3 Å². The fraction of sp³-hybridized carbons (Fsp3) is 0.438. The number of pyridine rings is 1. The Hall–Kier alpha value is -1.97. The van der Waals surface area contributed by atoms with Gasteiger partial charge >= 0.3 is 0 Å². The number of fused-ring (bicyclic) bond motifs is 1. The molecule has 1 heterocycles. The predicted octanol–water partition coefficient (Wildman–Crippen LogP) is 3.74. The Morgan fingerprint density at radius 2 is 1.95 bits per heavy atom. The Labute approximate surface area is 119 Å². The van der Waals surface area contributed by atoms with Gasteiger partial charge in [-0.2, -0.15) is 0 Å². The zero-order valence-electron chi connectivity index (χ0n) is 12.7. The average molecular weight is 275 g/mol. The van der Waals surface area contributed by atoms with E-state index in [9.17, 15) is 0 Å². The maximum Gasteiger partial charge on any atom is 0.217 e. The molecule has 0 bridgehead atoms. The lowest BCUT2D eigenvalue weighted by Crippen LogP contribution is -2.07. The molecule has 0 radical (unpaired) electrons. The molecule has 0 N–H and O–H groups in total. The number of aryl methyl sites for hydroxylation is 1. The topological polar surface area (TPSA) is 40.6 Å². The summed E-state index contributed by atoms with van der Waals surface area (Å²) in [5.74, 6) is 2.18. The van der Waals surface area contributed by atoms with Crippen molar-refractivity contribution in [1.29, 1.82) is 0 Å². The van der Waals surface area contributed by atoms with Crippen LogP contribution >= 0.6 is 0 Å². The van der Waals surface area contributed by atoms with Crippen molar-refractivity contribution in [1.82, 2.24) is 4.98 Å². The van der Waals surface area contributed by atoms with Crippen LogP contribution in [0, 0.1) is 6.92 Å². The second-order valence-electron chi connectivity index (χ2n) is 4.85. The maximum absolute atomic E-state index is 5.88. The van der Waals surface area contributed by atoms with Gasteiger partial charge in [-0.3, -0.25) is 0 Å². The fourth-order valence-corrected chi connectivity index (χ4v) is 2.15. The van der Waals surface area contributed by atoms with Crippen LogP contribution in [-0.4, -0.2) is 24.8 Å². The van der Waals surface area contributed by atoms with Gasteiger partial charge in [-0.1, -0.05) is 0 Å². The highest BCUT2D eigenvalue weighted by Crippen LogP contribution is 2.34. The van der Waals surface area contributed by atoms with E-state index in [0.717, 1.165) is 28.0 Å². The van der Waals surface area contributed by atoms with E-state index in [1.54, 1.807) is 7.11 Å². The number of rotatable bonds is 5. The molecule has 2 aromatic rings. The minimum atomic E-state index is 0.0949. The number of nitrogens with zero attached hydrogens (tertiary/aromatic N) is 1. The Morgan fingerprint density at radius 3 is 2.55 bits per heavy atom. The van der Waals surface area contributed by atoms with E-state index in [0.29, 0.717) is 12.5 Å². The van der Waals surface area contributed by atoms with Crippen molar-refractivity contribution in [3.05, 3.63) is 23.8 Å². The lowest BCUT2D eigenvalue weighted by Gasteiger charge is -2.16. The normalized spacial score (nSPS) is 10.9. The summed E-state index contributed by atoms with van der Waals surface area (Å²) >= 11 is 0. The standard InChI is InChI=1S/C16H21NO3/c1-6-19-15-9-14(20-10(2)3)12-7-8-13(18-5)11(4)16(12)17-15/h7-10H,6H2,1-5H3. The van der Waals surface area contributed by atoms with Gasteiger partial charge in [0.05, 0.1) is 25.3 Å². The molecule has 1 aromatic heterocycles. The van der Waals surface area contributed by atoms with E-state index < -0.39 is 0 Å². The second kappa shape index (κ2) is 5.99. The molecule has 4 heteroatoms. The first-order valence-electron chi connectivity index (χ1n) is 6.84. The zero-order valence-corrected chi connectivity index (χ0v) is 12.7. The molecule has 0 spiro atoms. The zero-order chi connectivity index (χ0) is 14.7. The Balaban J connectivity index is 2.66. The molecule has 1 aromatic carbocycles. The molecule has 0 amide bonds. The van der Waals surface area contributed by atoms with Crippen molar-refractivity contribution in [3.8, 4) is 17.4 Å². The van der Waals surface area contributed by atoms with Crippen LogP contribution in [0.4, 0.5) is 0 Å². The molecule has 0 atom stereocenters. The van der Waals surface area contributed by atoms with Crippen molar-refractivity contribution in [2.75, 3.05) is 13.7 Å². The fourth-order valence-electron chi connectivity index (χ4n) is 2.15. The van der Waals surface area contributed by atoms with E-state index in [1.807, 2.05) is 45.9 Å². The first-order valence-corrected chi connectivity index (χ1v) is 6.84. The van der Waals surface area contributed by atoms with Crippen LogP contribution in [0.25, 0.3) is 10.9 Å². The predicted molar refractivity (Wildman–Crippen MR) is 80.0 cm³/mol. The van der Waals surface area contributed by atoms with Crippen LogP contribution in [0.15, 0.2) is 18.2 Å². The number of methoxy groups -OCH3 is 1. The van der Waals surface area contributed by atoms with E-state index >= 15 is 0 Å². The van der Waals surface area contributed by atoms with Crippen LogP contribution in [0.2, 0.25) is 0 Å². The quantitative estimate of drug-likeness (QED) is 0.833. The SMILES string of the molecule is CCOc1cc(OC(C)C)c2ccc(OC)c(C)c2n1. The molecule has 0 fully saturated rings. The minimum absolute atomic E-state index is 0.0949. The smallest absolute Gasteiger partial charge is 0.217 e. The van der Waals surface area contributed by atoms with Crippen molar-refractivity contribution in [2.45, 2.75) is 33.8 Å². The molecule has 0 aliphatic heterocycles. The van der Waals surface area contributed by atoms with Crippen LogP contribution in [0.3, 0.4) is 0 Å². The van der Waals surface area contributed by atoms with Gasteiger partial charge in [-0.25, -0.2) is 4.98 Å². The van der Waals surface area contributed by atoms with Gasteiger partial charge in [-0.15, -0.1) is 0 Å². The number of hydrogen-bond donors (Lipinski definition) is 0. The van der Waals surface area contributed by atoms with Gasteiger partial charge in [0.15, 0.2) is 0 Å². The average Bonchev–Trinajstić information content (AvgIpc) is 2.40. The summed E-state index contributed by atoms with van der Waals surface area (Å²) in [6.45, 7) is 8.50. The highest BCUT2D eigenvalue weighted by Gasteiger charge is 2.13. The minimum Gasteiger partial charge on any atom is -0.496 e. The van der Waals surface area contributed by atoms with E-state index in [2.05, 4.69) is 4.98 Å². The molecular weight excluding hydrogens is 254 g/mol. The number of aromatic nitrogens is 1. The summed E-state index contributed by atoms with van der Waals surface area (Å²) in [5.41, 5.74) is 1.84. The molecule has 0 saturated heterocycles. The summed E-state index contributed by atoms with van der Waals surface area (Å²) in [6, 6.07) is 5.76.